The molecule has 1 amide bonds. The second-order valence-corrected chi connectivity index (χ2v) is 7.37. The second kappa shape index (κ2) is 6.27. The zero-order valence-electron chi connectivity index (χ0n) is 12.3. The SMILES string of the molecule is CC1(C(=O)NC(CCCl)C(C)(C)C)CCCCC1. The first kappa shape index (κ1) is 15.8. The molecule has 1 unspecified atom stereocenters. The van der Waals surface area contributed by atoms with Crippen LogP contribution in [0.5, 0.6) is 0 Å². The summed E-state index contributed by atoms with van der Waals surface area (Å²) < 4.78 is 0. The second-order valence-electron chi connectivity index (χ2n) is 6.99. The fourth-order valence-electron chi connectivity index (χ4n) is 2.72. The summed E-state index contributed by atoms with van der Waals surface area (Å²) in [5, 5.41) is 3.24. The molecule has 0 aliphatic heterocycles. The van der Waals surface area contributed by atoms with Crippen molar-refractivity contribution in [1.82, 2.24) is 5.32 Å². The van der Waals surface area contributed by atoms with Crippen molar-refractivity contribution in [3.8, 4) is 0 Å². The molecular formula is C15H28ClNO. The van der Waals surface area contributed by atoms with Crippen molar-refractivity contribution in [3.05, 3.63) is 0 Å². The van der Waals surface area contributed by atoms with Crippen molar-refractivity contribution < 1.29 is 4.79 Å². The van der Waals surface area contributed by atoms with E-state index >= 15 is 0 Å². The molecule has 0 aromatic carbocycles. The van der Waals surface area contributed by atoms with Crippen LogP contribution in [0.1, 0.15) is 66.2 Å². The quantitative estimate of drug-likeness (QED) is 0.767. The van der Waals surface area contributed by atoms with Gasteiger partial charge in [0.2, 0.25) is 5.91 Å². The molecule has 2 nitrogen and oxygen atoms in total. The van der Waals surface area contributed by atoms with E-state index in [1.165, 1.54) is 19.3 Å². The zero-order valence-corrected chi connectivity index (χ0v) is 13.1. The van der Waals surface area contributed by atoms with Crippen LogP contribution in [0.2, 0.25) is 0 Å². The molecule has 0 bridgehead atoms. The Kier molecular flexibility index (Phi) is 5.51. The Balaban J connectivity index is 2.65. The third kappa shape index (κ3) is 4.15. The molecule has 1 N–H and O–H groups in total. The smallest absolute Gasteiger partial charge is 0.226 e. The van der Waals surface area contributed by atoms with Gasteiger partial charge in [-0.15, -0.1) is 11.6 Å². The zero-order chi connectivity index (χ0) is 13.8. The normalized spacial score (nSPS) is 21.4. The number of rotatable bonds is 4. The maximum atomic E-state index is 12.5. The summed E-state index contributed by atoms with van der Waals surface area (Å²) in [6.45, 7) is 8.59. The molecule has 1 aliphatic rings. The Bertz CT molecular complexity index is 277. The third-order valence-corrected chi connectivity index (χ3v) is 4.47. The van der Waals surface area contributed by atoms with Gasteiger partial charge < -0.3 is 5.32 Å². The molecule has 3 heteroatoms. The molecule has 0 saturated heterocycles. The summed E-state index contributed by atoms with van der Waals surface area (Å²) in [6, 6.07) is 0.168. The number of hydrogen-bond donors (Lipinski definition) is 1. The number of carbonyl (C=O) groups excluding carboxylic acids is 1. The summed E-state index contributed by atoms with van der Waals surface area (Å²) >= 11 is 5.85. The first-order valence-electron chi connectivity index (χ1n) is 7.16. The minimum atomic E-state index is -0.159. The van der Waals surface area contributed by atoms with Gasteiger partial charge in [-0.25, -0.2) is 0 Å². The molecule has 1 fully saturated rings. The van der Waals surface area contributed by atoms with Gasteiger partial charge in [-0.3, -0.25) is 4.79 Å². The van der Waals surface area contributed by atoms with Crippen LogP contribution in [-0.4, -0.2) is 17.8 Å². The van der Waals surface area contributed by atoms with Crippen LogP contribution in [0.25, 0.3) is 0 Å². The first-order chi connectivity index (χ1) is 8.29. The molecule has 1 aliphatic carbocycles. The van der Waals surface area contributed by atoms with E-state index in [4.69, 9.17) is 11.6 Å². The van der Waals surface area contributed by atoms with Gasteiger partial charge in [-0.05, 0) is 24.7 Å². The number of carbonyl (C=O) groups is 1. The average Bonchev–Trinajstić information content (AvgIpc) is 2.28. The van der Waals surface area contributed by atoms with Gasteiger partial charge in [0.05, 0.1) is 0 Å². The first-order valence-corrected chi connectivity index (χ1v) is 7.70. The summed E-state index contributed by atoms with van der Waals surface area (Å²) in [7, 11) is 0. The number of hydrogen-bond acceptors (Lipinski definition) is 1. The van der Waals surface area contributed by atoms with Crippen LogP contribution in [0.15, 0.2) is 0 Å². The predicted molar refractivity (Wildman–Crippen MR) is 77.9 cm³/mol. The molecule has 1 rings (SSSR count). The summed E-state index contributed by atoms with van der Waals surface area (Å²) in [6.07, 6.45) is 6.52. The highest BCUT2D eigenvalue weighted by molar-refractivity contribution is 6.17. The number of halogens is 1. The fourth-order valence-corrected chi connectivity index (χ4v) is 2.94. The van der Waals surface area contributed by atoms with Gasteiger partial charge in [0.1, 0.15) is 0 Å². The molecule has 0 aromatic heterocycles. The lowest BCUT2D eigenvalue weighted by Crippen LogP contribution is -2.50. The Morgan fingerprint density at radius 1 is 1.28 bits per heavy atom. The summed E-state index contributed by atoms with van der Waals surface area (Å²) in [5.41, 5.74) is -0.0936. The topological polar surface area (TPSA) is 29.1 Å². The lowest BCUT2D eigenvalue weighted by atomic mass is 9.74. The molecule has 106 valence electrons. The Hall–Kier alpha value is -0.240. The largest absolute Gasteiger partial charge is 0.352 e. The van der Waals surface area contributed by atoms with Crippen molar-refractivity contribution in [2.75, 3.05) is 5.88 Å². The van der Waals surface area contributed by atoms with Gasteiger partial charge in [-0.2, -0.15) is 0 Å². The van der Waals surface area contributed by atoms with E-state index in [-0.39, 0.29) is 22.8 Å². The Morgan fingerprint density at radius 2 is 1.83 bits per heavy atom. The van der Waals surface area contributed by atoms with Crippen LogP contribution in [0.4, 0.5) is 0 Å². The van der Waals surface area contributed by atoms with E-state index in [0.717, 1.165) is 19.3 Å². The molecule has 0 radical (unpaired) electrons. The minimum Gasteiger partial charge on any atom is -0.352 e. The van der Waals surface area contributed by atoms with Crippen molar-refractivity contribution in [3.63, 3.8) is 0 Å². The van der Waals surface area contributed by atoms with E-state index in [9.17, 15) is 4.79 Å². The highest BCUT2D eigenvalue weighted by Crippen LogP contribution is 2.36. The Morgan fingerprint density at radius 3 is 2.28 bits per heavy atom. The van der Waals surface area contributed by atoms with Gasteiger partial charge in [0, 0.05) is 17.3 Å². The number of nitrogens with one attached hydrogen (secondary N) is 1. The van der Waals surface area contributed by atoms with Gasteiger partial charge in [0.25, 0.3) is 0 Å². The molecule has 0 aromatic rings. The van der Waals surface area contributed by atoms with Crippen LogP contribution < -0.4 is 5.32 Å². The minimum absolute atomic E-state index is 0.0651. The van der Waals surface area contributed by atoms with Crippen molar-refractivity contribution in [1.29, 1.82) is 0 Å². The van der Waals surface area contributed by atoms with Crippen LogP contribution >= 0.6 is 11.6 Å². The molecule has 0 heterocycles. The van der Waals surface area contributed by atoms with Crippen LogP contribution in [-0.2, 0) is 4.79 Å². The molecule has 18 heavy (non-hydrogen) atoms. The molecular weight excluding hydrogens is 246 g/mol. The van der Waals surface area contributed by atoms with E-state index < -0.39 is 0 Å². The maximum Gasteiger partial charge on any atom is 0.226 e. The van der Waals surface area contributed by atoms with Crippen LogP contribution in [0, 0.1) is 10.8 Å². The van der Waals surface area contributed by atoms with E-state index in [0.29, 0.717) is 5.88 Å². The maximum absolute atomic E-state index is 12.5. The van der Waals surface area contributed by atoms with Gasteiger partial charge >= 0.3 is 0 Å². The van der Waals surface area contributed by atoms with E-state index in [2.05, 4.69) is 33.0 Å². The van der Waals surface area contributed by atoms with Gasteiger partial charge in [-0.1, -0.05) is 47.0 Å². The fraction of sp³-hybridized carbons (Fsp3) is 0.933. The van der Waals surface area contributed by atoms with Crippen molar-refractivity contribution >= 4 is 17.5 Å². The summed E-state index contributed by atoms with van der Waals surface area (Å²) in [5.74, 6) is 0.825. The molecule has 1 saturated carbocycles. The van der Waals surface area contributed by atoms with E-state index in [1.54, 1.807) is 0 Å². The Labute approximate surface area is 117 Å². The average molecular weight is 274 g/mol. The predicted octanol–water partition coefficient (Wildman–Crippen LogP) is 4.12. The number of alkyl halides is 1. The molecule has 1 atom stereocenters. The highest BCUT2D eigenvalue weighted by atomic mass is 35.5. The lowest BCUT2D eigenvalue weighted by molar-refractivity contribution is -0.133. The van der Waals surface area contributed by atoms with E-state index in [1.807, 2.05) is 0 Å². The third-order valence-electron chi connectivity index (χ3n) is 4.25. The van der Waals surface area contributed by atoms with Crippen molar-refractivity contribution in [2.45, 2.75) is 72.3 Å². The summed E-state index contributed by atoms with van der Waals surface area (Å²) in [4.78, 5) is 12.5. The van der Waals surface area contributed by atoms with Crippen LogP contribution in [0.3, 0.4) is 0 Å². The lowest BCUT2D eigenvalue weighted by Gasteiger charge is -2.37. The standard InChI is InChI=1S/C15H28ClNO/c1-14(2,3)12(8-11-16)17-13(18)15(4)9-6-5-7-10-15/h12H,5-11H2,1-4H3,(H,17,18). The highest BCUT2D eigenvalue weighted by Gasteiger charge is 2.37. The molecule has 0 spiro atoms. The van der Waals surface area contributed by atoms with Gasteiger partial charge in [0.15, 0.2) is 0 Å². The van der Waals surface area contributed by atoms with Crippen molar-refractivity contribution in [2.24, 2.45) is 10.8 Å². The monoisotopic (exact) mass is 273 g/mol. The number of amides is 1.